The quantitative estimate of drug-likeness (QED) is 0.0264. The molecular weight excluding hydrogens is 1050 g/mol. The summed E-state index contributed by atoms with van der Waals surface area (Å²) in [5.41, 5.74) is 5.31. The van der Waals surface area contributed by atoms with Crippen molar-refractivity contribution in [1.82, 2.24) is 30.6 Å². The van der Waals surface area contributed by atoms with E-state index in [4.69, 9.17) is 28.4 Å². The second-order valence-electron chi connectivity index (χ2n) is 20.0. The maximum absolute atomic E-state index is 14.0. The van der Waals surface area contributed by atoms with Gasteiger partial charge >= 0.3 is 0 Å². The molecule has 2 atom stereocenters. The number of piperazine rings is 1. The number of fused-ring (bicyclic) bond motifs is 2. The number of nitrogens with zero attached hydrogens (tertiary/aromatic N) is 4. The highest BCUT2D eigenvalue weighted by atomic mass is 19.1. The SMILES string of the molecule is O=C(CN1CCN(c2ccc(C(=O)Nc3n[nH]c4ccc(Cc5cc(F)cc(F)c5)cc34)c(NC3CCOCC3)c2)CC1)NCCOCCOCCOCCOCCOCCNc1cccc2c1C(=O)N(C1CCC(=O)NC1=O)C2O. The summed E-state index contributed by atoms with van der Waals surface area (Å²) in [6.07, 6.45) is 0.841. The van der Waals surface area contributed by atoms with Crippen molar-refractivity contribution in [2.45, 2.75) is 50.4 Å². The third kappa shape index (κ3) is 16.1. The second-order valence-corrected chi connectivity index (χ2v) is 20.0. The van der Waals surface area contributed by atoms with Crippen molar-refractivity contribution in [3.8, 4) is 0 Å². The van der Waals surface area contributed by atoms with Gasteiger partial charge in [-0.05, 0) is 85.3 Å². The fourth-order valence-corrected chi connectivity index (χ4v) is 10.2. The summed E-state index contributed by atoms with van der Waals surface area (Å²) in [6, 6.07) is 19.0. The maximum Gasteiger partial charge on any atom is 0.259 e. The number of aliphatic hydroxyl groups is 1. The molecule has 0 aliphatic carbocycles. The Hall–Kier alpha value is -7.16. The van der Waals surface area contributed by atoms with Crippen LogP contribution in [0.3, 0.4) is 0 Å². The van der Waals surface area contributed by atoms with E-state index in [0.29, 0.717) is 175 Å². The number of piperidine rings is 1. The predicted octanol–water partition coefficient (Wildman–Crippen LogP) is 3.96. The first-order chi connectivity index (χ1) is 39.5. The molecule has 1 aromatic heterocycles. The number of aliphatic hydroxyl groups excluding tert-OH is 1. The van der Waals surface area contributed by atoms with Crippen LogP contribution in [0.4, 0.5) is 31.7 Å². The van der Waals surface area contributed by atoms with E-state index < -0.39 is 41.6 Å². The lowest BCUT2D eigenvalue weighted by Crippen LogP contribution is -2.53. The monoisotopic (exact) mass is 1120 g/mol. The van der Waals surface area contributed by atoms with Crippen molar-refractivity contribution in [2.75, 3.05) is 146 Å². The first-order valence-electron chi connectivity index (χ1n) is 27.5. The van der Waals surface area contributed by atoms with Gasteiger partial charge in [0.25, 0.3) is 11.8 Å². The molecule has 9 rings (SSSR count). The molecule has 81 heavy (non-hydrogen) atoms. The van der Waals surface area contributed by atoms with Crippen LogP contribution in [0.15, 0.2) is 72.8 Å². The number of H-pyrrole nitrogens is 1. The molecule has 5 amide bonds. The van der Waals surface area contributed by atoms with Crippen LogP contribution in [0.1, 0.15) is 69.3 Å². The standard InChI is InChI=1S/C57H70F2N10O12/c58-39-31-38(32-40(59)34-39)30-37-4-7-46-45(33-37)53(66-65-46)64-54(72)43-6-5-42(35-48(43)62-41-10-18-76-19-11-41)68-16-14-67(15-17-68)36-51(71)61-13-21-78-23-25-80-27-29-81-28-26-79-24-22-77-20-12-60-47-3-1-2-44-52(47)57(75)69(56(44)74)49-8-9-50(70)63-55(49)73/h1-7,31-35,41,49,56,60,62,74H,8-30,36H2,(H,61,71)(H,63,70,73)(H2,64,65,66,72). The van der Waals surface area contributed by atoms with Crippen LogP contribution >= 0.6 is 0 Å². The van der Waals surface area contributed by atoms with E-state index in [2.05, 4.69) is 46.6 Å². The van der Waals surface area contributed by atoms with Crippen molar-refractivity contribution < 1.29 is 66.3 Å². The average molecular weight is 1130 g/mol. The molecule has 7 N–H and O–H groups in total. The highest BCUT2D eigenvalue weighted by molar-refractivity contribution is 6.11. The second kappa shape index (κ2) is 29.0. The Kier molecular flexibility index (Phi) is 20.9. The third-order valence-corrected chi connectivity index (χ3v) is 14.4. The molecule has 4 aliphatic rings. The molecule has 0 saturated carbocycles. The molecular formula is C57H70F2N10O12. The van der Waals surface area contributed by atoms with Crippen LogP contribution < -0.4 is 31.5 Å². The number of hydrogen-bond acceptors (Lipinski definition) is 17. The minimum atomic E-state index is -1.29. The van der Waals surface area contributed by atoms with Crippen LogP contribution in [-0.4, -0.2) is 192 Å². The first-order valence-corrected chi connectivity index (χ1v) is 27.5. The zero-order valence-corrected chi connectivity index (χ0v) is 45.1. The molecule has 24 heteroatoms. The van der Waals surface area contributed by atoms with Crippen molar-refractivity contribution in [1.29, 1.82) is 0 Å². The van der Waals surface area contributed by atoms with E-state index in [0.717, 1.165) is 35.1 Å². The number of imide groups is 1. The summed E-state index contributed by atoms with van der Waals surface area (Å²) >= 11 is 0. The first kappa shape index (κ1) is 58.5. The Bertz CT molecular complexity index is 2950. The summed E-state index contributed by atoms with van der Waals surface area (Å²) in [4.78, 5) is 69.6. The molecule has 434 valence electrons. The Balaban J connectivity index is 0.596. The van der Waals surface area contributed by atoms with Crippen LogP contribution in [0.2, 0.25) is 0 Å². The van der Waals surface area contributed by atoms with Gasteiger partial charge in [0.15, 0.2) is 12.0 Å². The molecule has 0 radical (unpaired) electrons. The molecule has 4 aliphatic heterocycles. The largest absolute Gasteiger partial charge is 0.382 e. The van der Waals surface area contributed by atoms with Gasteiger partial charge in [-0.15, -0.1) is 0 Å². The number of carbonyl (C=O) groups excluding carboxylic acids is 5. The molecule has 22 nitrogen and oxygen atoms in total. The number of ether oxygens (including phenoxy) is 6. The van der Waals surface area contributed by atoms with E-state index in [1.54, 1.807) is 18.2 Å². The van der Waals surface area contributed by atoms with Gasteiger partial charge in [-0.1, -0.05) is 18.2 Å². The number of carbonyl (C=O) groups is 5. The van der Waals surface area contributed by atoms with Crippen LogP contribution in [-0.2, 0) is 49.2 Å². The number of amides is 5. The summed E-state index contributed by atoms with van der Waals surface area (Å²) in [6.45, 7) is 8.75. The van der Waals surface area contributed by atoms with Gasteiger partial charge in [-0.2, -0.15) is 5.10 Å². The minimum Gasteiger partial charge on any atom is -0.382 e. The number of benzene rings is 4. The van der Waals surface area contributed by atoms with E-state index in [1.165, 1.54) is 12.1 Å². The number of aromatic amines is 1. The van der Waals surface area contributed by atoms with Gasteiger partial charge in [-0.3, -0.25) is 44.2 Å². The molecule has 0 spiro atoms. The Morgan fingerprint density at radius 2 is 1.42 bits per heavy atom. The van der Waals surface area contributed by atoms with Crippen molar-refractivity contribution >= 4 is 63.3 Å². The van der Waals surface area contributed by atoms with Gasteiger partial charge in [0.1, 0.15) is 17.7 Å². The number of anilines is 4. The van der Waals surface area contributed by atoms with Gasteiger partial charge in [0.05, 0.1) is 89.3 Å². The smallest absolute Gasteiger partial charge is 0.259 e. The van der Waals surface area contributed by atoms with Gasteiger partial charge in [0.2, 0.25) is 17.7 Å². The molecule has 0 bridgehead atoms. The molecule has 5 heterocycles. The topological polar surface area (TPSA) is 260 Å². The van der Waals surface area contributed by atoms with E-state index in [1.807, 2.05) is 36.4 Å². The average Bonchev–Trinajstić information content (AvgIpc) is 4.04. The van der Waals surface area contributed by atoms with E-state index in [9.17, 15) is 37.9 Å². The van der Waals surface area contributed by atoms with Gasteiger partial charge in [0, 0.05) is 99.0 Å². The van der Waals surface area contributed by atoms with Crippen LogP contribution in [0, 0.1) is 11.6 Å². The summed E-state index contributed by atoms with van der Waals surface area (Å²) in [5.74, 6) is -2.84. The number of aromatic nitrogens is 2. The molecule has 3 fully saturated rings. The Morgan fingerprint density at radius 3 is 2.11 bits per heavy atom. The number of hydrogen-bond donors (Lipinski definition) is 7. The lowest BCUT2D eigenvalue weighted by molar-refractivity contribution is -0.139. The summed E-state index contributed by atoms with van der Waals surface area (Å²) in [5, 5.41) is 33.8. The molecule has 3 saturated heterocycles. The Morgan fingerprint density at radius 1 is 0.741 bits per heavy atom. The number of rotatable bonds is 29. The lowest BCUT2D eigenvalue weighted by atomic mass is 10.0. The zero-order chi connectivity index (χ0) is 56.5. The van der Waals surface area contributed by atoms with Gasteiger partial charge < -0.3 is 59.7 Å². The van der Waals surface area contributed by atoms with Crippen molar-refractivity contribution in [3.05, 3.63) is 112 Å². The molecule has 4 aromatic carbocycles. The van der Waals surface area contributed by atoms with Gasteiger partial charge in [-0.25, -0.2) is 8.78 Å². The Labute approximate surface area is 467 Å². The molecule has 5 aromatic rings. The number of halogens is 2. The highest BCUT2D eigenvalue weighted by Gasteiger charge is 2.45. The third-order valence-electron chi connectivity index (χ3n) is 14.4. The minimum absolute atomic E-state index is 0.0802. The predicted molar refractivity (Wildman–Crippen MR) is 295 cm³/mol. The fourth-order valence-electron chi connectivity index (χ4n) is 10.2. The van der Waals surface area contributed by atoms with E-state index >= 15 is 0 Å². The van der Waals surface area contributed by atoms with Crippen LogP contribution in [0.5, 0.6) is 0 Å². The number of nitrogens with one attached hydrogen (secondary N) is 6. The highest BCUT2D eigenvalue weighted by Crippen LogP contribution is 2.39. The van der Waals surface area contributed by atoms with Crippen molar-refractivity contribution in [3.63, 3.8) is 0 Å². The van der Waals surface area contributed by atoms with E-state index in [-0.39, 0.29) is 37.2 Å². The normalized spacial score (nSPS) is 17.8. The fraction of sp³-hybridized carbons (Fsp3) is 0.474. The van der Waals surface area contributed by atoms with Crippen LogP contribution in [0.25, 0.3) is 10.9 Å². The summed E-state index contributed by atoms with van der Waals surface area (Å²) < 4.78 is 61.4. The molecule has 2 unspecified atom stereocenters. The van der Waals surface area contributed by atoms with Crippen molar-refractivity contribution in [2.24, 2.45) is 0 Å². The lowest BCUT2D eigenvalue weighted by Gasteiger charge is -2.36. The zero-order valence-electron chi connectivity index (χ0n) is 45.1. The maximum atomic E-state index is 14.0. The summed E-state index contributed by atoms with van der Waals surface area (Å²) in [7, 11) is 0.